The average Bonchev–Trinajstić information content (AvgIpc) is 3.72. The van der Waals surface area contributed by atoms with Gasteiger partial charge >= 0.3 is 0 Å². The summed E-state index contributed by atoms with van der Waals surface area (Å²) in [6, 6.07) is 53.4. The lowest BCUT2D eigenvalue weighted by Crippen LogP contribution is -1.98. The summed E-state index contributed by atoms with van der Waals surface area (Å²) in [4.78, 5) is 0. The van der Waals surface area contributed by atoms with Crippen LogP contribution in [0.3, 0.4) is 0 Å². The smallest absolute Gasteiger partial charge is 0.0789 e. The van der Waals surface area contributed by atoms with E-state index in [1.807, 2.05) is 11.3 Å². The van der Waals surface area contributed by atoms with Gasteiger partial charge in [0.05, 0.1) is 22.1 Å². The van der Waals surface area contributed by atoms with Crippen LogP contribution >= 0.6 is 11.3 Å². The van der Waals surface area contributed by atoms with Gasteiger partial charge in [-0.15, -0.1) is 11.3 Å². The van der Waals surface area contributed by atoms with Gasteiger partial charge in [0, 0.05) is 53.1 Å². The second kappa shape index (κ2) is 8.57. The summed E-state index contributed by atoms with van der Waals surface area (Å²) in [5, 5.41) is 10.3. The fraction of sp³-hybridized carbons (Fsp3) is 0. The van der Waals surface area contributed by atoms with Crippen LogP contribution in [0.5, 0.6) is 0 Å². The number of para-hydroxylation sites is 2. The quantitative estimate of drug-likeness (QED) is 0.198. The first-order chi connectivity index (χ1) is 21.3. The summed E-state index contributed by atoms with van der Waals surface area (Å²) in [5.41, 5.74) is 7.28. The van der Waals surface area contributed by atoms with E-state index >= 15 is 0 Å². The highest BCUT2D eigenvalue weighted by Gasteiger charge is 2.22. The number of fused-ring (bicyclic) bond motifs is 12. The number of nitrogens with zero attached hydrogens (tertiary/aromatic N) is 2. The largest absolute Gasteiger partial charge is 0.307 e. The molecule has 3 aromatic heterocycles. The van der Waals surface area contributed by atoms with E-state index in [9.17, 15) is 0 Å². The number of thiophene rings is 1. The lowest BCUT2D eigenvalue weighted by atomic mass is 10.0. The van der Waals surface area contributed by atoms with Crippen LogP contribution in [-0.4, -0.2) is 9.13 Å². The summed E-state index contributed by atoms with van der Waals surface area (Å²) in [5.74, 6) is 0. The van der Waals surface area contributed by atoms with E-state index in [1.165, 1.54) is 85.9 Å². The lowest BCUT2D eigenvalue weighted by molar-refractivity contribution is 1.15. The van der Waals surface area contributed by atoms with Crippen LogP contribution < -0.4 is 0 Å². The molecule has 0 saturated heterocycles. The molecule has 200 valence electrons. The molecule has 10 rings (SSSR count). The highest BCUT2D eigenvalue weighted by atomic mass is 32.1. The summed E-state index contributed by atoms with van der Waals surface area (Å²) in [7, 11) is 0. The maximum atomic E-state index is 2.52. The molecule has 0 radical (unpaired) electrons. The second-order valence-electron chi connectivity index (χ2n) is 11.3. The topological polar surface area (TPSA) is 9.86 Å². The van der Waals surface area contributed by atoms with E-state index in [1.54, 1.807) is 0 Å². The Morgan fingerprint density at radius 3 is 1.93 bits per heavy atom. The Hall–Kier alpha value is -5.38. The molecule has 0 N–H and O–H groups in total. The molecule has 0 bridgehead atoms. The predicted molar refractivity (Wildman–Crippen MR) is 186 cm³/mol. The van der Waals surface area contributed by atoms with Gasteiger partial charge in [0.1, 0.15) is 0 Å². The molecule has 0 amide bonds. The van der Waals surface area contributed by atoms with Crippen molar-refractivity contribution in [1.82, 2.24) is 9.13 Å². The lowest BCUT2D eigenvalue weighted by Gasteiger charge is -2.12. The molecule has 0 aliphatic rings. The third-order valence-electron chi connectivity index (χ3n) is 9.09. The molecule has 2 nitrogen and oxygen atoms in total. The minimum atomic E-state index is 1.17. The van der Waals surface area contributed by atoms with Crippen LogP contribution in [0.15, 0.2) is 146 Å². The Morgan fingerprint density at radius 1 is 0.372 bits per heavy atom. The maximum absolute atomic E-state index is 2.52. The van der Waals surface area contributed by atoms with Gasteiger partial charge in [0.25, 0.3) is 0 Å². The molecular formula is C40H24N2S. The third-order valence-corrected chi connectivity index (χ3v) is 10.2. The molecule has 0 unspecified atom stereocenters. The predicted octanol–water partition coefficient (Wildman–Crippen LogP) is 11.4. The molecule has 10 aromatic rings. The van der Waals surface area contributed by atoms with Gasteiger partial charge in [-0.05, 0) is 53.2 Å². The van der Waals surface area contributed by atoms with Crippen LogP contribution in [0.2, 0.25) is 0 Å². The van der Waals surface area contributed by atoms with E-state index in [0.717, 1.165) is 0 Å². The molecular weight excluding hydrogens is 541 g/mol. The molecule has 0 aliphatic carbocycles. The molecule has 7 aromatic carbocycles. The molecule has 3 heteroatoms. The number of rotatable bonds is 2. The van der Waals surface area contributed by atoms with Crippen molar-refractivity contribution >= 4 is 85.9 Å². The minimum absolute atomic E-state index is 1.17. The minimum Gasteiger partial charge on any atom is -0.307 e. The molecule has 0 saturated carbocycles. The number of aromatic nitrogens is 2. The Kier molecular flexibility index (Phi) is 4.63. The Morgan fingerprint density at radius 2 is 1.02 bits per heavy atom. The fourth-order valence-corrected chi connectivity index (χ4v) is 8.42. The van der Waals surface area contributed by atoms with Crippen LogP contribution in [0, 0.1) is 0 Å². The number of hydrogen-bond acceptors (Lipinski definition) is 1. The Labute approximate surface area is 251 Å². The van der Waals surface area contributed by atoms with E-state index in [4.69, 9.17) is 0 Å². The highest BCUT2D eigenvalue weighted by molar-refractivity contribution is 7.25. The van der Waals surface area contributed by atoms with Crippen LogP contribution in [0.25, 0.3) is 85.9 Å². The SMILES string of the molecule is c1ccc(-n2c3ccccc3c3ccc4c5c6ccccc6ccc5n(-c5ccc6c(c5)sc5ccccc56)c4c32)cc1. The van der Waals surface area contributed by atoms with Gasteiger partial charge in [-0.3, -0.25) is 0 Å². The maximum Gasteiger partial charge on any atom is 0.0789 e. The van der Waals surface area contributed by atoms with E-state index in [2.05, 4.69) is 155 Å². The summed E-state index contributed by atoms with van der Waals surface area (Å²) >= 11 is 1.88. The Bertz CT molecular complexity index is 2720. The zero-order valence-electron chi connectivity index (χ0n) is 23.2. The first-order valence-corrected chi connectivity index (χ1v) is 15.5. The molecule has 0 spiro atoms. The monoisotopic (exact) mass is 564 g/mol. The zero-order valence-corrected chi connectivity index (χ0v) is 24.0. The first kappa shape index (κ1) is 23.2. The highest BCUT2D eigenvalue weighted by Crippen LogP contribution is 2.44. The number of benzene rings is 7. The number of hydrogen-bond donors (Lipinski definition) is 0. The summed E-state index contributed by atoms with van der Waals surface area (Å²) in [6.07, 6.45) is 0. The van der Waals surface area contributed by atoms with Crippen molar-refractivity contribution in [1.29, 1.82) is 0 Å². The second-order valence-corrected chi connectivity index (χ2v) is 12.4. The van der Waals surface area contributed by atoms with Gasteiger partial charge in [-0.1, -0.05) is 103 Å². The van der Waals surface area contributed by atoms with Crippen molar-refractivity contribution in [2.24, 2.45) is 0 Å². The van der Waals surface area contributed by atoms with Crippen molar-refractivity contribution < 1.29 is 0 Å². The van der Waals surface area contributed by atoms with Crippen LogP contribution in [0.1, 0.15) is 0 Å². The van der Waals surface area contributed by atoms with Gasteiger partial charge < -0.3 is 9.13 Å². The van der Waals surface area contributed by atoms with Crippen molar-refractivity contribution in [2.75, 3.05) is 0 Å². The molecule has 0 fully saturated rings. The molecule has 0 aliphatic heterocycles. The first-order valence-electron chi connectivity index (χ1n) is 14.7. The van der Waals surface area contributed by atoms with Crippen LogP contribution in [0.4, 0.5) is 0 Å². The normalized spacial score (nSPS) is 12.2. The summed E-state index contributed by atoms with van der Waals surface area (Å²) in [6.45, 7) is 0. The van der Waals surface area contributed by atoms with Crippen molar-refractivity contribution in [3.63, 3.8) is 0 Å². The van der Waals surface area contributed by atoms with E-state index in [-0.39, 0.29) is 0 Å². The van der Waals surface area contributed by atoms with E-state index < -0.39 is 0 Å². The van der Waals surface area contributed by atoms with Crippen LogP contribution in [-0.2, 0) is 0 Å². The van der Waals surface area contributed by atoms with Gasteiger partial charge in [-0.2, -0.15) is 0 Å². The van der Waals surface area contributed by atoms with Gasteiger partial charge in [-0.25, -0.2) is 0 Å². The average molecular weight is 565 g/mol. The molecule has 3 heterocycles. The fourth-order valence-electron chi connectivity index (χ4n) is 7.29. The van der Waals surface area contributed by atoms with Crippen molar-refractivity contribution in [3.05, 3.63) is 146 Å². The Balaban J connectivity index is 1.45. The van der Waals surface area contributed by atoms with E-state index in [0.29, 0.717) is 0 Å². The van der Waals surface area contributed by atoms with Gasteiger partial charge in [0.15, 0.2) is 0 Å². The molecule has 0 atom stereocenters. The third kappa shape index (κ3) is 3.12. The van der Waals surface area contributed by atoms with Crippen molar-refractivity contribution in [2.45, 2.75) is 0 Å². The van der Waals surface area contributed by atoms with Gasteiger partial charge in [0.2, 0.25) is 0 Å². The zero-order chi connectivity index (χ0) is 28.1. The standard InChI is InChI=1S/C40H24N2S/c1-2-11-26(12-3-1)41-34-16-8-6-14-29(34)32-21-22-33-38-28-13-5-4-10-25(28)18-23-35(38)42(40(33)39(32)41)27-19-20-31-30-15-7-9-17-36(30)43-37(31)24-27/h1-24H. The molecule has 43 heavy (non-hydrogen) atoms. The van der Waals surface area contributed by atoms with Crippen molar-refractivity contribution in [3.8, 4) is 11.4 Å². The summed E-state index contributed by atoms with van der Waals surface area (Å²) < 4.78 is 7.61.